The Balaban J connectivity index is 1.47. The zero-order valence-electron chi connectivity index (χ0n) is 19.2. The van der Waals surface area contributed by atoms with Gasteiger partial charge in [-0.2, -0.15) is 0 Å². The van der Waals surface area contributed by atoms with Gasteiger partial charge in [-0.25, -0.2) is 0 Å². The minimum absolute atomic E-state index is 0.829. The van der Waals surface area contributed by atoms with E-state index in [1.54, 1.807) is 6.20 Å². The minimum atomic E-state index is -1.34. The van der Waals surface area contributed by atoms with Crippen LogP contribution in [0.3, 0.4) is 0 Å². The first-order valence-corrected chi connectivity index (χ1v) is 13.8. The van der Waals surface area contributed by atoms with Gasteiger partial charge >= 0.3 is 216 Å². The molecule has 0 unspecified atom stereocenters. The zero-order valence-corrected chi connectivity index (χ0v) is 21.6. The number of benzene rings is 3. The van der Waals surface area contributed by atoms with Gasteiger partial charge in [-0.15, -0.1) is 0 Å². The van der Waals surface area contributed by atoms with Crippen LogP contribution in [0.1, 0.15) is 0 Å². The van der Waals surface area contributed by atoms with E-state index in [2.05, 4.69) is 81.7 Å². The molecule has 7 aromatic rings. The average Bonchev–Trinajstić information content (AvgIpc) is 3.65. The number of imidazole rings is 3. The van der Waals surface area contributed by atoms with Crippen molar-refractivity contribution < 1.29 is 0 Å². The summed E-state index contributed by atoms with van der Waals surface area (Å²) in [5.41, 5.74) is 5.96. The number of pyridine rings is 1. The van der Waals surface area contributed by atoms with E-state index in [-0.39, 0.29) is 0 Å². The normalized spacial score (nSPS) is 11.3. The molecular formula is C28H19GaN7. The summed E-state index contributed by atoms with van der Waals surface area (Å²) in [6.45, 7) is 0. The Morgan fingerprint density at radius 1 is 0.556 bits per heavy atom. The van der Waals surface area contributed by atoms with Gasteiger partial charge in [0.15, 0.2) is 0 Å². The van der Waals surface area contributed by atoms with Crippen LogP contribution in [-0.2, 0) is 0 Å². The maximum atomic E-state index is 5.12. The molecule has 1 radical (unpaired) electrons. The fourth-order valence-electron chi connectivity index (χ4n) is 4.56. The first-order chi connectivity index (χ1) is 17.9. The predicted molar refractivity (Wildman–Crippen MR) is 142 cm³/mol. The molecule has 0 saturated heterocycles. The second-order valence-electron chi connectivity index (χ2n) is 8.38. The fourth-order valence-corrected chi connectivity index (χ4v) is 7.36. The molecule has 0 atom stereocenters. The summed E-state index contributed by atoms with van der Waals surface area (Å²) in [5, 5.41) is 0. The molecule has 4 aromatic heterocycles. The molecule has 3 aromatic carbocycles. The summed E-state index contributed by atoms with van der Waals surface area (Å²) >= 11 is -1.34. The van der Waals surface area contributed by atoms with E-state index in [1.807, 2.05) is 48.8 Å². The Bertz CT molecular complexity index is 1820. The van der Waals surface area contributed by atoms with E-state index < -0.39 is 17.9 Å². The summed E-state index contributed by atoms with van der Waals surface area (Å²) in [4.78, 5) is 19.4. The molecule has 0 aliphatic rings. The van der Waals surface area contributed by atoms with E-state index in [4.69, 9.17) is 9.97 Å². The van der Waals surface area contributed by atoms with Gasteiger partial charge in [0.05, 0.1) is 0 Å². The second-order valence-corrected chi connectivity index (χ2v) is 11.1. The quantitative estimate of drug-likeness (QED) is 0.290. The third kappa shape index (κ3) is 3.46. The Morgan fingerprint density at radius 3 is 2.06 bits per heavy atom. The van der Waals surface area contributed by atoms with Crippen LogP contribution < -0.4 is 0 Å². The first kappa shape index (κ1) is 20.9. The number of hydrogen-bond acceptors (Lipinski definition) is 4. The van der Waals surface area contributed by atoms with Crippen molar-refractivity contribution in [2.75, 3.05) is 0 Å². The molecule has 169 valence electrons. The summed E-state index contributed by atoms with van der Waals surface area (Å²) in [6, 6.07) is 32.8. The van der Waals surface area contributed by atoms with Gasteiger partial charge in [-0.3, -0.25) is 0 Å². The number of nitrogens with zero attached hydrogens (tertiary/aromatic N) is 7. The fraction of sp³-hybridized carbons (Fsp3) is 0. The van der Waals surface area contributed by atoms with Gasteiger partial charge in [0.2, 0.25) is 0 Å². The second kappa shape index (κ2) is 8.67. The van der Waals surface area contributed by atoms with Gasteiger partial charge in [0, 0.05) is 0 Å². The van der Waals surface area contributed by atoms with E-state index in [0.29, 0.717) is 0 Å². The van der Waals surface area contributed by atoms with E-state index >= 15 is 0 Å². The van der Waals surface area contributed by atoms with E-state index in [9.17, 15) is 0 Å². The third-order valence-electron chi connectivity index (χ3n) is 6.17. The number of para-hydroxylation sites is 5. The van der Waals surface area contributed by atoms with Crippen LogP contribution in [0.15, 0.2) is 116 Å². The molecule has 0 aliphatic carbocycles. The molecule has 0 aliphatic heterocycles. The maximum absolute atomic E-state index is 5.12. The molecule has 0 amide bonds. The molecule has 36 heavy (non-hydrogen) atoms. The van der Waals surface area contributed by atoms with E-state index in [0.717, 1.165) is 50.9 Å². The van der Waals surface area contributed by atoms with E-state index in [1.165, 1.54) is 0 Å². The van der Waals surface area contributed by atoms with Crippen LogP contribution in [0.4, 0.5) is 0 Å². The Kier molecular flexibility index (Phi) is 5.04. The monoisotopic (exact) mass is 522 g/mol. The molecule has 0 N–H and O–H groups in total. The van der Waals surface area contributed by atoms with Crippen LogP contribution in [0.25, 0.3) is 50.9 Å². The topological polar surface area (TPSA) is 66.3 Å². The van der Waals surface area contributed by atoms with Gasteiger partial charge in [-0.05, 0) is 0 Å². The summed E-state index contributed by atoms with van der Waals surface area (Å²) < 4.78 is 6.81. The van der Waals surface area contributed by atoms with Crippen LogP contribution in [0, 0.1) is 0 Å². The van der Waals surface area contributed by atoms with Crippen molar-refractivity contribution >= 4 is 40.0 Å². The van der Waals surface area contributed by atoms with Crippen LogP contribution in [0.2, 0.25) is 0 Å². The molecular weight excluding hydrogens is 504 g/mol. The Hall–Kier alpha value is -4.40. The SMILES string of the molecule is c1ccc(-n2c(-c3nc4ccccc4[n]3[Ga][n]3ccnc3-c3ccccn3)nc3ccccc32)cc1. The number of fused-ring (bicyclic) bond motifs is 2. The van der Waals surface area contributed by atoms with Crippen molar-refractivity contribution in [1.82, 2.24) is 31.1 Å². The number of rotatable bonds is 5. The standard InChI is InChI=1S/C20H13N4.C8H6N3.Ga/c1-2-8-14(9-3-1)24-18-13-7-6-12-17(18)23-20(24)19-21-15-10-4-5-11-16(15)22-19;1-2-4-9-7(3-1)8-10-5-6-11-8;/h1-13H;1-6H;/q2*-1;+2. The van der Waals surface area contributed by atoms with Crippen molar-refractivity contribution in [3.63, 3.8) is 0 Å². The number of hydrogen-bond donors (Lipinski definition) is 0. The van der Waals surface area contributed by atoms with Crippen molar-refractivity contribution in [1.29, 1.82) is 0 Å². The molecule has 4 heterocycles. The van der Waals surface area contributed by atoms with Crippen molar-refractivity contribution in [2.45, 2.75) is 0 Å². The van der Waals surface area contributed by atoms with Crippen molar-refractivity contribution in [3.05, 3.63) is 116 Å². The molecule has 7 rings (SSSR count). The van der Waals surface area contributed by atoms with Gasteiger partial charge in [0.1, 0.15) is 0 Å². The summed E-state index contributed by atoms with van der Waals surface area (Å²) in [6.07, 6.45) is 5.69. The predicted octanol–water partition coefficient (Wildman–Crippen LogP) is 5.23. The Morgan fingerprint density at radius 2 is 1.25 bits per heavy atom. The van der Waals surface area contributed by atoms with Crippen LogP contribution in [0.5, 0.6) is 0 Å². The average molecular weight is 523 g/mol. The molecule has 0 bridgehead atoms. The van der Waals surface area contributed by atoms with Gasteiger partial charge in [-0.1, -0.05) is 0 Å². The van der Waals surface area contributed by atoms with Crippen molar-refractivity contribution in [2.24, 2.45) is 0 Å². The van der Waals surface area contributed by atoms with Crippen LogP contribution >= 0.6 is 0 Å². The molecule has 0 fully saturated rings. The first-order valence-electron chi connectivity index (χ1n) is 11.7. The zero-order chi connectivity index (χ0) is 23.9. The third-order valence-corrected chi connectivity index (χ3v) is 9.15. The summed E-state index contributed by atoms with van der Waals surface area (Å²) in [7, 11) is 0. The molecule has 8 heteroatoms. The van der Waals surface area contributed by atoms with Crippen LogP contribution in [-0.4, -0.2) is 48.9 Å². The van der Waals surface area contributed by atoms with Gasteiger partial charge < -0.3 is 0 Å². The summed E-state index contributed by atoms with van der Waals surface area (Å²) in [5.74, 6) is 2.56. The number of aromatic nitrogens is 7. The molecule has 0 spiro atoms. The van der Waals surface area contributed by atoms with Crippen molar-refractivity contribution in [3.8, 4) is 28.9 Å². The Labute approximate surface area is 215 Å². The molecule has 7 nitrogen and oxygen atoms in total. The molecule has 0 saturated carbocycles. The van der Waals surface area contributed by atoms with Gasteiger partial charge in [0.25, 0.3) is 0 Å².